The summed E-state index contributed by atoms with van der Waals surface area (Å²) in [5, 5.41) is 0. The van der Waals surface area contributed by atoms with Crippen LogP contribution in [-0.2, 0) is 23.8 Å². The summed E-state index contributed by atoms with van der Waals surface area (Å²) < 4.78 is 17.3. The van der Waals surface area contributed by atoms with Gasteiger partial charge in [-0.3, -0.25) is 9.59 Å². The fourth-order valence-corrected chi connectivity index (χ4v) is 7.06. The molecule has 356 valence electrons. The molecule has 0 aromatic rings. The first-order chi connectivity index (χ1) is 30.6. The van der Waals surface area contributed by atoms with Gasteiger partial charge in [-0.1, -0.05) is 228 Å². The van der Waals surface area contributed by atoms with Crippen molar-refractivity contribution in [3.8, 4) is 0 Å². The van der Waals surface area contributed by atoms with Crippen molar-refractivity contribution >= 4 is 11.9 Å². The van der Waals surface area contributed by atoms with E-state index in [4.69, 9.17) is 14.2 Å². The van der Waals surface area contributed by atoms with Gasteiger partial charge in [-0.15, -0.1) is 0 Å². The van der Waals surface area contributed by atoms with E-state index in [1.165, 1.54) is 128 Å². The lowest BCUT2D eigenvalue weighted by Crippen LogP contribution is -2.30. The molecule has 5 heteroatoms. The Hall–Kier alpha value is -2.92. The number of rotatable bonds is 47. The van der Waals surface area contributed by atoms with Crippen LogP contribution >= 0.6 is 0 Å². The Morgan fingerprint density at radius 3 is 1.23 bits per heavy atom. The molecular weight excluding hydrogens is 765 g/mol. The first-order valence-corrected chi connectivity index (χ1v) is 26.1. The fraction of sp³-hybridized carbons (Fsp3) is 0.719. The lowest BCUT2D eigenvalue weighted by Gasteiger charge is -2.18. The SMILES string of the molecule is CC/C=C\C/C=C\C/C=C\C/C=C\C/C=C\C/C=C\CCC(=O)OCC(COCCCCCCCCCC)OC(=O)CCCCCCCCCCC/C=C\CCCCCCCC. The topological polar surface area (TPSA) is 61.8 Å². The van der Waals surface area contributed by atoms with Crippen molar-refractivity contribution in [1.82, 2.24) is 0 Å². The second kappa shape index (κ2) is 52.4. The van der Waals surface area contributed by atoms with Crippen molar-refractivity contribution in [2.75, 3.05) is 19.8 Å². The highest BCUT2D eigenvalue weighted by Gasteiger charge is 2.17. The van der Waals surface area contributed by atoms with Crippen molar-refractivity contribution in [3.05, 3.63) is 85.1 Å². The zero-order valence-corrected chi connectivity index (χ0v) is 40.9. The van der Waals surface area contributed by atoms with Crippen molar-refractivity contribution in [1.29, 1.82) is 0 Å². The van der Waals surface area contributed by atoms with Crippen LogP contribution in [-0.4, -0.2) is 37.9 Å². The van der Waals surface area contributed by atoms with Gasteiger partial charge in [0, 0.05) is 19.4 Å². The van der Waals surface area contributed by atoms with E-state index < -0.39 is 6.10 Å². The number of carbonyl (C=O) groups excluding carboxylic acids is 2. The number of hydrogen-bond acceptors (Lipinski definition) is 5. The molecule has 1 unspecified atom stereocenters. The summed E-state index contributed by atoms with van der Waals surface area (Å²) in [5.74, 6) is -0.495. The zero-order chi connectivity index (χ0) is 44.9. The van der Waals surface area contributed by atoms with Gasteiger partial charge in [0.25, 0.3) is 0 Å². The largest absolute Gasteiger partial charge is 0.462 e. The normalized spacial score (nSPS) is 12.9. The van der Waals surface area contributed by atoms with Gasteiger partial charge in [0.15, 0.2) is 6.10 Å². The van der Waals surface area contributed by atoms with Crippen molar-refractivity contribution < 1.29 is 23.8 Å². The van der Waals surface area contributed by atoms with Gasteiger partial charge in [0.2, 0.25) is 0 Å². The Morgan fingerprint density at radius 1 is 0.371 bits per heavy atom. The quantitative estimate of drug-likeness (QED) is 0.0346. The van der Waals surface area contributed by atoms with Gasteiger partial charge in [0.05, 0.1) is 6.61 Å². The van der Waals surface area contributed by atoms with E-state index in [0.29, 0.717) is 25.9 Å². The molecule has 0 saturated heterocycles. The van der Waals surface area contributed by atoms with Crippen molar-refractivity contribution in [3.63, 3.8) is 0 Å². The predicted octanol–water partition coefficient (Wildman–Crippen LogP) is 17.7. The highest BCUT2D eigenvalue weighted by Crippen LogP contribution is 2.14. The average molecular weight is 863 g/mol. The molecule has 0 N–H and O–H groups in total. The number of hydrogen-bond donors (Lipinski definition) is 0. The molecule has 0 fully saturated rings. The smallest absolute Gasteiger partial charge is 0.306 e. The monoisotopic (exact) mass is 863 g/mol. The highest BCUT2D eigenvalue weighted by atomic mass is 16.6. The summed E-state index contributed by atoms with van der Waals surface area (Å²) >= 11 is 0. The van der Waals surface area contributed by atoms with Crippen LogP contribution in [0.4, 0.5) is 0 Å². The fourth-order valence-electron chi connectivity index (χ4n) is 7.06. The number of carbonyl (C=O) groups is 2. The minimum Gasteiger partial charge on any atom is -0.462 e. The molecule has 0 spiro atoms. The number of ether oxygens (including phenoxy) is 3. The molecule has 0 aliphatic heterocycles. The summed E-state index contributed by atoms with van der Waals surface area (Å²) in [5.41, 5.74) is 0. The molecule has 1 atom stereocenters. The number of esters is 2. The standard InChI is InChI=1S/C57H98O5/c1-4-7-10-13-16-19-21-23-25-27-29-31-33-35-37-39-41-44-47-50-56(58)61-54-55(53-60-52-49-46-43-18-15-12-9-6-3)62-57(59)51-48-45-42-40-38-36-34-32-30-28-26-24-22-20-17-14-11-8-5-2/h7,10,16,19,23-26,29,31,35,37,41,44,55H,4-6,8-9,11-15,17-18,20-22,27-28,30,32-34,36,38-40,42-43,45-54H2,1-3H3/b10-7-,19-16-,25-23-,26-24-,31-29-,37-35-,44-41-. The van der Waals surface area contributed by atoms with Gasteiger partial charge in [-0.25, -0.2) is 0 Å². The van der Waals surface area contributed by atoms with Gasteiger partial charge >= 0.3 is 11.9 Å². The van der Waals surface area contributed by atoms with Crippen LogP contribution in [0, 0.1) is 0 Å². The van der Waals surface area contributed by atoms with Crippen LogP contribution in [0.15, 0.2) is 85.1 Å². The van der Waals surface area contributed by atoms with E-state index in [1.54, 1.807) is 0 Å². The van der Waals surface area contributed by atoms with E-state index in [0.717, 1.165) is 70.6 Å². The molecule has 0 rings (SSSR count). The van der Waals surface area contributed by atoms with Crippen LogP contribution in [0.2, 0.25) is 0 Å². The van der Waals surface area contributed by atoms with E-state index >= 15 is 0 Å². The molecule has 0 heterocycles. The van der Waals surface area contributed by atoms with Crippen LogP contribution in [0.3, 0.4) is 0 Å². The predicted molar refractivity (Wildman–Crippen MR) is 270 cm³/mol. The van der Waals surface area contributed by atoms with Crippen LogP contribution in [0.5, 0.6) is 0 Å². The van der Waals surface area contributed by atoms with E-state index in [2.05, 4.69) is 99.8 Å². The molecule has 0 radical (unpaired) electrons. The molecule has 0 aromatic carbocycles. The molecule has 62 heavy (non-hydrogen) atoms. The maximum atomic E-state index is 12.8. The maximum Gasteiger partial charge on any atom is 0.306 e. The molecule has 0 amide bonds. The first-order valence-electron chi connectivity index (χ1n) is 26.1. The molecule has 0 aromatic heterocycles. The Balaban J connectivity index is 4.26. The summed E-state index contributed by atoms with van der Waals surface area (Å²) in [4.78, 5) is 25.3. The Bertz CT molecular complexity index is 1160. The van der Waals surface area contributed by atoms with Gasteiger partial charge in [0.1, 0.15) is 6.61 Å². The lowest BCUT2D eigenvalue weighted by molar-refractivity contribution is -0.162. The minimum absolute atomic E-state index is 0.0429. The number of unbranched alkanes of at least 4 members (excludes halogenated alkanes) is 22. The summed E-state index contributed by atoms with van der Waals surface area (Å²) in [7, 11) is 0. The van der Waals surface area contributed by atoms with Gasteiger partial charge in [-0.05, 0) is 83.5 Å². The van der Waals surface area contributed by atoms with E-state index in [9.17, 15) is 9.59 Å². The van der Waals surface area contributed by atoms with Crippen molar-refractivity contribution in [2.45, 2.75) is 245 Å². The average Bonchev–Trinajstić information content (AvgIpc) is 3.27. The third kappa shape index (κ3) is 49.7. The molecule has 0 bridgehead atoms. The second-order valence-electron chi connectivity index (χ2n) is 17.0. The van der Waals surface area contributed by atoms with E-state index in [-0.39, 0.29) is 25.2 Å². The van der Waals surface area contributed by atoms with Crippen LogP contribution < -0.4 is 0 Å². The Kier molecular flexibility index (Phi) is 50.0. The minimum atomic E-state index is -0.567. The maximum absolute atomic E-state index is 12.8. The Labute approximate surface area is 384 Å². The third-order valence-electron chi connectivity index (χ3n) is 10.9. The molecule has 0 saturated carbocycles. The molecule has 0 aliphatic carbocycles. The van der Waals surface area contributed by atoms with Crippen LogP contribution in [0.25, 0.3) is 0 Å². The Morgan fingerprint density at radius 2 is 0.758 bits per heavy atom. The van der Waals surface area contributed by atoms with Gasteiger partial charge < -0.3 is 14.2 Å². The third-order valence-corrected chi connectivity index (χ3v) is 10.9. The number of allylic oxidation sites excluding steroid dienone is 14. The molecular formula is C57H98O5. The van der Waals surface area contributed by atoms with Gasteiger partial charge in [-0.2, -0.15) is 0 Å². The van der Waals surface area contributed by atoms with Crippen molar-refractivity contribution in [2.24, 2.45) is 0 Å². The highest BCUT2D eigenvalue weighted by molar-refractivity contribution is 5.70. The summed E-state index contributed by atoms with van der Waals surface area (Å²) in [6.45, 7) is 7.62. The molecule has 5 nitrogen and oxygen atoms in total. The zero-order valence-electron chi connectivity index (χ0n) is 40.9. The van der Waals surface area contributed by atoms with Crippen LogP contribution in [0.1, 0.15) is 239 Å². The lowest BCUT2D eigenvalue weighted by atomic mass is 10.1. The van der Waals surface area contributed by atoms with E-state index in [1.807, 2.05) is 6.08 Å². The molecule has 0 aliphatic rings. The summed E-state index contributed by atoms with van der Waals surface area (Å²) in [6.07, 6.45) is 68.9. The second-order valence-corrected chi connectivity index (χ2v) is 17.0. The first kappa shape index (κ1) is 59.1. The summed E-state index contributed by atoms with van der Waals surface area (Å²) in [6, 6.07) is 0.